The Morgan fingerprint density at radius 3 is 3.00 bits per heavy atom. The Morgan fingerprint density at radius 2 is 2.15 bits per heavy atom. The Balaban J connectivity index is 1.61. The summed E-state index contributed by atoms with van der Waals surface area (Å²) in [7, 11) is 0. The molecular formula is C15H15N3O2. The predicted octanol–water partition coefficient (Wildman–Crippen LogP) is 1.70. The highest BCUT2D eigenvalue weighted by Crippen LogP contribution is 2.28. The van der Waals surface area contributed by atoms with Crippen molar-refractivity contribution in [3.63, 3.8) is 0 Å². The number of nitrogens with one attached hydrogen (secondary N) is 2. The van der Waals surface area contributed by atoms with Gasteiger partial charge in [0.05, 0.1) is 5.69 Å². The number of hydrogen-bond donors (Lipinski definition) is 2. The molecule has 3 rings (SSSR count). The summed E-state index contributed by atoms with van der Waals surface area (Å²) in [6.45, 7) is 1.57. The van der Waals surface area contributed by atoms with Gasteiger partial charge in [-0.15, -0.1) is 0 Å². The molecule has 0 saturated carbocycles. The Morgan fingerprint density at radius 1 is 1.25 bits per heavy atom. The van der Waals surface area contributed by atoms with E-state index in [-0.39, 0.29) is 12.5 Å². The van der Waals surface area contributed by atoms with Crippen LogP contribution in [0.3, 0.4) is 0 Å². The summed E-state index contributed by atoms with van der Waals surface area (Å²) in [5.74, 6) is 0.610. The second-order valence-electron chi connectivity index (χ2n) is 4.63. The first-order valence-corrected chi connectivity index (χ1v) is 6.46. The summed E-state index contributed by atoms with van der Waals surface area (Å²) < 4.78 is 5.32. The number of aromatic nitrogens is 1. The lowest BCUT2D eigenvalue weighted by molar-refractivity contribution is -0.118. The van der Waals surface area contributed by atoms with Gasteiger partial charge in [-0.1, -0.05) is 12.1 Å². The molecule has 0 radical (unpaired) electrons. The molecule has 0 bridgehead atoms. The third-order valence-electron chi connectivity index (χ3n) is 3.06. The van der Waals surface area contributed by atoms with Crippen LogP contribution in [0.1, 0.15) is 11.1 Å². The number of amides is 1. The van der Waals surface area contributed by atoms with Crippen molar-refractivity contribution < 1.29 is 9.53 Å². The first-order chi connectivity index (χ1) is 9.81. The van der Waals surface area contributed by atoms with E-state index in [1.807, 2.05) is 36.5 Å². The Bertz CT molecular complexity index is 614. The SMILES string of the molecule is O=C1COc2ccc(CNCc3cccnc3)cc2N1. The number of benzene rings is 1. The van der Waals surface area contributed by atoms with Gasteiger partial charge in [0.1, 0.15) is 5.75 Å². The van der Waals surface area contributed by atoms with Gasteiger partial charge >= 0.3 is 0 Å². The van der Waals surface area contributed by atoms with Crippen LogP contribution < -0.4 is 15.4 Å². The van der Waals surface area contributed by atoms with Crippen LogP contribution in [0.25, 0.3) is 0 Å². The maximum Gasteiger partial charge on any atom is 0.262 e. The van der Waals surface area contributed by atoms with Gasteiger partial charge in [-0.2, -0.15) is 0 Å². The fourth-order valence-corrected chi connectivity index (χ4v) is 2.09. The van der Waals surface area contributed by atoms with Gasteiger partial charge < -0.3 is 15.4 Å². The van der Waals surface area contributed by atoms with Gasteiger partial charge in [0, 0.05) is 25.5 Å². The highest BCUT2D eigenvalue weighted by molar-refractivity contribution is 5.95. The lowest BCUT2D eigenvalue weighted by Gasteiger charge is -2.18. The summed E-state index contributed by atoms with van der Waals surface area (Å²) in [6, 6.07) is 9.76. The summed E-state index contributed by atoms with van der Waals surface area (Å²) in [4.78, 5) is 15.3. The normalized spacial score (nSPS) is 13.3. The minimum Gasteiger partial charge on any atom is -0.482 e. The maximum absolute atomic E-state index is 11.3. The number of carbonyl (C=O) groups excluding carboxylic acids is 1. The van der Waals surface area contributed by atoms with Crippen molar-refractivity contribution in [1.29, 1.82) is 0 Å². The molecular weight excluding hydrogens is 254 g/mol. The predicted molar refractivity (Wildman–Crippen MR) is 75.3 cm³/mol. The molecule has 0 saturated heterocycles. The van der Waals surface area contributed by atoms with Crippen LogP contribution in [0.2, 0.25) is 0 Å². The highest BCUT2D eigenvalue weighted by Gasteiger charge is 2.15. The van der Waals surface area contributed by atoms with E-state index in [1.165, 1.54) is 0 Å². The Hall–Kier alpha value is -2.40. The van der Waals surface area contributed by atoms with E-state index in [0.29, 0.717) is 0 Å². The van der Waals surface area contributed by atoms with Crippen molar-refractivity contribution in [3.8, 4) is 5.75 Å². The Labute approximate surface area is 117 Å². The summed E-state index contributed by atoms with van der Waals surface area (Å²) in [6.07, 6.45) is 3.60. The first-order valence-electron chi connectivity index (χ1n) is 6.46. The van der Waals surface area contributed by atoms with E-state index in [2.05, 4.69) is 15.6 Å². The standard InChI is InChI=1S/C15H15N3O2/c19-15-10-20-14-4-3-11(6-13(14)18-15)7-17-9-12-2-1-5-16-8-12/h1-6,8,17H,7,9-10H2,(H,18,19). The number of carbonyl (C=O) groups is 1. The molecule has 5 nitrogen and oxygen atoms in total. The molecule has 0 unspecified atom stereocenters. The van der Waals surface area contributed by atoms with Gasteiger partial charge in [-0.25, -0.2) is 0 Å². The first kappa shape index (κ1) is 12.6. The number of anilines is 1. The molecule has 0 atom stereocenters. The fourth-order valence-electron chi connectivity index (χ4n) is 2.09. The lowest BCUT2D eigenvalue weighted by atomic mass is 10.1. The van der Waals surface area contributed by atoms with E-state index in [1.54, 1.807) is 6.20 Å². The van der Waals surface area contributed by atoms with Gasteiger partial charge in [0.25, 0.3) is 5.91 Å². The minimum atomic E-state index is -0.113. The number of nitrogens with zero attached hydrogens (tertiary/aromatic N) is 1. The molecule has 2 heterocycles. The second kappa shape index (κ2) is 5.71. The number of ether oxygens (including phenoxy) is 1. The zero-order valence-corrected chi connectivity index (χ0v) is 10.9. The third kappa shape index (κ3) is 2.95. The number of rotatable bonds is 4. The molecule has 1 aliphatic heterocycles. The molecule has 102 valence electrons. The number of fused-ring (bicyclic) bond motifs is 1. The molecule has 1 amide bonds. The average molecular weight is 269 g/mol. The minimum absolute atomic E-state index is 0.0889. The lowest BCUT2D eigenvalue weighted by Crippen LogP contribution is -2.25. The molecule has 20 heavy (non-hydrogen) atoms. The summed E-state index contributed by atoms with van der Waals surface area (Å²) in [5.41, 5.74) is 2.97. The molecule has 1 aliphatic rings. The van der Waals surface area contributed by atoms with Crippen molar-refractivity contribution in [1.82, 2.24) is 10.3 Å². The van der Waals surface area contributed by atoms with E-state index in [9.17, 15) is 4.79 Å². The Kier molecular flexibility index (Phi) is 3.60. The molecule has 1 aromatic carbocycles. The van der Waals surface area contributed by atoms with Crippen LogP contribution in [0.4, 0.5) is 5.69 Å². The van der Waals surface area contributed by atoms with Crippen molar-refractivity contribution in [2.24, 2.45) is 0 Å². The quantitative estimate of drug-likeness (QED) is 0.887. The average Bonchev–Trinajstić information content (AvgIpc) is 2.48. The van der Waals surface area contributed by atoms with Gasteiger partial charge in [-0.3, -0.25) is 9.78 Å². The van der Waals surface area contributed by atoms with Gasteiger partial charge in [-0.05, 0) is 29.3 Å². The third-order valence-corrected chi connectivity index (χ3v) is 3.06. The molecule has 1 aromatic heterocycles. The van der Waals surface area contributed by atoms with Crippen LogP contribution in [0.5, 0.6) is 5.75 Å². The van der Waals surface area contributed by atoms with Crippen molar-refractivity contribution in [2.45, 2.75) is 13.1 Å². The topological polar surface area (TPSA) is 63.2 Å². The molecule has 0 fully saturated rings. The van der Waals surface area contributed by atoms with E-state index < -0.39 is 0 Å². The molecule has 2 aromatic rings. The number of hydrogen-bond acceptors (Lipinski definition) is 4. The zero-order valence-electron chi connectivity index (χ0n) is 10.9. The van der Waals surface area contributed by atoms with Crippen molar-refractivity contribution >= 4 is 11.6 Å². The smallest absolute Gasteiger partial charge is 0.262 e. The molecule has 5 heteroatoms. The summed E-state index contributed by atoms with van der Waals surface area (Å²) in [5, 5.41) is 6.15. The van der Waals surface area contributed by atoms with E-state index >= 15 is 0 Å². The maximum atomic E-state index is 11.3. The van der Waals surface area contributed by atoms with Gasteiger partial charge in [0.15, 0.2) is 6.61 Å². The monoisotopic (exact) mass is 269 g/mol. The van der Waals surface area contributed by atoms with Crippen LogP contribution in [-0.2, 0) is 17.9 Å². The van der Waals surface area contributed by atoms with Crippen molar-refractivity contribution in [2.75, 3.05) is 11.9 Å². The van der Waals surface area contributed by atoms with E-state index in [0.717, 1.165) is 35.7 Å². The van der Waals surface area contributed by atoms with Crippen LogP contribution in [0.15, 0.2) is 42.7 Å². The molecule has 2 N–H and O–H groups in total. The second-order valence-corrected chi connectivity index (χ2v) is 4.63. The number of pyridine rings is 1. The molecule has 0 aliphatic carbocycles. The summed E-state index contributed by atoms with van der Waals surface area (Å²) >= 11 is 0. The van der Waals surface area contributed by atoms with Crippen LogP contribution in [-0.4, -0.2) is 17.5 Å². The highest BCUT2D eigenvalue weighted by atomic mass is 16.5. The fraction of sp³-hybridized carbons (Fsp3) is 0.200. The molecule has 0 spiro atoms. The van der Waals surface area contributed by atoms with Crippen molar-refractivity contribution in [3.05, 3.63) is 53.9 Å². The van der Waals surface area contributed by atoms with E-state index in [4.69, 9.17) is 4.74 Å². The van der Waals surface area contributed by atoms with Crippen LogP contribution >= 0.6 is 0 Å². The zero-order chi connectivity index (χ0) is 13.8. The van der Waals surface area contributed by atoms with Gasteiger partial charge in [0.2, 0.25) is 0 Å². The largest absolute Gasteiger partial charge is 0.482 e. The van der Waals surface area contributed by atoms with Crippen LogP contribution in [0, 0.1) is 0 Å².